The van der Waals surface area contributed by atoms with Crippen molar-refractivity contribution in [2.45, 2.75) is 121 Å². The minimum absolute atomic E-state index is 0. The Labute approximate surface area is 252 Å². The molecule has 0 saturated carbocycles. The number of hydrogen-bond donors (Lipinski definition) is 1. The van der Waals surface area contributed by atoms with Gasteiger partial charge in [-0.05, 0) is 62.6 Å². The van der Waals surface area contributed by atoms with Gasteiger partial charge in [0.2, 0.25) is 0 Å². The molecule has 0 aliphatic heterocycles. The molecule has 1 aliphatic rings. The number of carbonyl (C=O) groups is 1. The van der Waals surface area contributed by atoms with Crippen molar-refractivity contribution < 1.29 is 14.7 Å². The number of aliphatic imine (C=N–C) groups is 1. The highest BCUT2D eigenvalue weighted by Crippen LogP contribution is 2.36. The first-order valence-corrected chi connectivity index (χ1v) is 14.9. The minimum atomic E-state index is 0. The van der Waals surface area contributed by atoms with Crippen LogP contribution >= 0.6 is 0 Å². The number of fused-ring (bicyclic) bond motifs is 1. The van der Waals surface area contributed by atoms with E-state index in [0.29, 0.717) is 11.7 Å². The van der Waals surface area contributed by atoms with Crippen molar-refractivity contribution in [2.24, 2.45) is 4.99 Å². The van der Waals surface area contributed by atoms with Crippen LogP contribution < -0.4 is 0 Å². The Hall–Kier alpha value is -3.23. The Balaban J connectivity index is -0.000000510. The van der Waals surface area contributed by atoms with Gasteiger partial charge in [-0.1, -0.05) is 129 Å². The zero-order chi connectivity index (χ0) is 30.9. The largest absolute Gasteiger partial charge is 0.508 e. The van der Waals surface area contributed by atoms with E-state index in [1.807, 2.05) is 57.2 Å². The first kappa shape index (κ1) is 42.2. The van der Waals surface area contributed by atoms with Crippen LogP contribution in [-0.4, -0.2) is 29.1 Å². The topological polar surface area (TPSA) is 66.7 Å². The van der Waals surface area contributed by atoms with Crippen molar-refractivity contribution >= 4 is 23.5 Å². The average molecular weight is 566 g/mol. The first-order chi connectivity index (χ1) is 19.2. The van der Waals surface area contributed by atoms with Crippen LogP contribution in [0.4, 0.5) is 0 Å². The van der Waals surface area contributed by atoms with Gasteiger partial charge >= 0.3 is 0 Å². The SMILES string of the molecule is C.C=C=O.CC.CC1=Cc2ccc(O)cc2C1C.CCCCCCC.CCCCN=C(C)c1ccc(C(C)=O)cc1. The van der Waals surface area contributed by atoms with Crippen molar-refractivity contribution in [2.75, 3.05) is 6.54 Å². The standard InChI is InChI=1S/C14H19NO.C11H12O.C7H16.C2H2O.C2H6.CH4/c1-4-5-10-15-11(2)13-6-8-14(9-7-13)12(3)16;1-7-5-9-3-4-10(12)6-11(9)8(7)2;1-3-5-7-6-4-2;1-2-3;1-2;/h6-9H,4-5,10H2,1-3H3;3-6,8,12H,1-2H3;3-7H2,1-2H3;1H2;1-2H3;1H4. The number of phenols is 1. The van der Waals surface area contributed by atoms with E-state index in [1.165, 1.54) is 61.2 Å². The molecular formula is C37H59NO3. The van der Waals surface area contributed by atoms with Gasteiger partial charge in [0.1, 0.15) is 11.7 Å². The summed E-state index contributed by atoms with van der Waals surface area (Å²) in [6.45, 7) is 22.1. The lowest BCUT2D eigenvalue weighted by Gasteiger charge is -2.06. The Bertz CT molecular complexity index is 1040. The maximum absolute atomic E-state index is 11.1. The number of Topliss-reactive ketones (excluding diaryl/α,β-unsaturated/α-hetero) is 1. The summed E-state index contributed by atoms with van der Waals surface area (Å²) in [4.78, 5) is 24.2. The fraction of sp³-hybridized carbons (Fsp3) is 0.514. The molecule has 0 bridgehead atoms. The number of hydrogen-bond acceptors (Lipinski definition) is 4. The van der Waals surface area contributed by atoms with E-state index in [4.69, 9.17) is 4.79 Å². The Morgan fingerprint density at radius 2 is 1.39 bits per heavy atom. The van der Waals surface area contributed by atoms with E-state index >= 15 is 0 Å². The molecule has 2 aromatic rings. The molecule has 4 heteroatoms. The molecule has 0 radical (unpaired) electrons. The third kappa shape index (κ3) is 18.7. The van der Waals surface area contributed by atoms with Crippen LogP contribution in [0, 0.1) is 0 Å². The monoisotopic (exact) mass is 565 g/mol. The van der Waals surface area contributed by atoms with Gasteiger partial charge in [0, 0.05) is 23.7 Å². The highest BCUT2D eigenvalue weighted by Gasteiger charge is 2.17. The second kappa shape index (κ2) is 27.0. The summed E-state index contributed by atoms with van der Waals surface area (Å²) in [7, 11) is 0. The highest BCUT2D eigenvalue weighted by atomic mass is 16.3. The summed E-state index contributed by atoms with van der Waals surface area (Å²) in [5.41, 5.74) is 6.76. The summed E-state index contributed by atoms with van der Waals surface area (Å²) in [6, 6.07) is 13.2. The lowest BCUT2D eigenvalue weighted by molar-refractivity contribution is 0.101. The van der Waals surface area contributed by atoms with Gasteiger partial charge < -0.3 is 5.11 Å². The highest BCUT2D eigenvalue weighted by molar-refractivity contribution is 6.00. The zero-order valence-corrected chi connectivity index (χ0v) is 26.8. The molecule has 0 heterocycles. The molecule has 1 aliphatic carbocycles. The van der Waals surface area contributed by atoms with Gasteiger partial charge in [-0.25, -0.2) is 4.79 Å². The molecular weight excluding hydrogens is 506 g/mol. The van der Waals surface area contributed by atoms with Crippen LogP contribution in [0.5, 0.6) is 5.75 Å². The molecule has 2 aromatic carbocycles. The van der Waals surface area contributed by atoms with Crippen LogP contribution in [0.3, 0.4) is 0 Å². The number of aromatic hydroxyl groups is 1. The van der Waals surface area contributed by atoms with Crippen molar-refractivity contribution in [1.82, 2.24) is 0 Å². The van der Waals surface area contributed by atoms with E-state index in [9.17, 15) is 9.90 Å². The lowest BCUT2D eigenvalue weighted by atomic mass is 9.99. The predicted molar refractivity (Wildman–Crippen MR) is 182 cm³/mol. The maximum atomic E-state index is 11.1. The molecule has 3 rings (SSSR count). The predicted octanol–water partition coefficient (Wildman–Crippen LogP) is 11.1. The third-order valence-electron chi connectivity index (χ3n) is 6.38. The number of unbranched alkanes of at least 4 members (excludes halogenated alkanes) is 5. The van der Waals surface area contributed by atoms with E-state index in [2.05, 4.69) is 52.3 Å². The van der Waals surface area contributed by atoms with Crippen LogP contribution in [-0.2, 0) is 4.79 Å². The van der Waals surface area contributed by atoms with Crippen LogP contribution in [0.25, 0.3) is 6.08 Å². The fourth-order valence-corrected chi connectivity index (χ4v) is 3.80. The van der Waals surface area contributed by atoms with Crippen molar-refractivity contribution in [3.05, 3.63) is 76.9 Å². The number of allylic oxidation sites excluding steroid dienone is 1. The number of rotatable bonds is 9. The van der Waals surface area contributed by atoms with Gasteiger partial charge in [0.25, 0.3) is 0 Å². The number of benzene rings is 2. The maximum Gasteiger partial charge on any atom is 0.159 e. The Kier molecular flexibility index (Phi) is 27.8. The smallest absolute Gasteiger partial charge is 0.159 e. The molecule has 0 amide bonds. The fourth-order valence-electron chi connectivity index (χ4n) is 3.80. The zero-order valence-electron chi connectivity index (χ0n) is 26.8. The van der Waals surface area contributed by atoms with Gasteiger partial charge in [-0.2, -0.15) is 0 Å². The van der Waals surface area contributed by atoms with Gasteiger partial charge in [0.15, 0.2) is 5.78 Å². The summed E-state index contributed by atoms with van der Waals surface area (Å²) in [5, 5.41) is 9.28. The number of ketones is 1. The molecule has 4 nitrogen and oxygen atoms in total. The van der Waals surface area contributed by atoms with E-state index in [1.54, 1.807) is 13.0 Å². The van der Waals surface area contributed by atoms with Crippen LogP contribution in [0.1, 0.15) is 148 Å². The van der Waals surface area contributed by atoms with Gasteiger partial charge in [-0.15, -0.1) is 0 Å². The van der Waals surface area contributed by atoms with E-state index in [-0.39, 0.29) is 13.2 Å². The summed E-state index contributed by atoms with van der Waals surface area (Å²) in [5.74, 6) is 2.18. The first-order valence-electron chi connectivity index (χ1n) is 14.9. The normalized spacial score (nSPS) is 12.5. The van der Waals surface area contributed by atoms with Gasteiger partial charge in [-0.3, -0.25) is 9.79 Å². The minimum Gasteiger partial charge on any atom is -0.508 e. The number of carbonyl (C=O) groups excluding carboxylic acids is 2. The van der Waals surface area contributed by atoms with Crippen molar-refractivity contribution in [1.29, 1.82) is 0 Å². The van der Waals surface area contributed by atoms with Crippen molar-refractivity contribution in [3.63, 3.8) is 0 Å². The molecule has 1 N–H and O–H groups in total. The van der Waals surface area contributed by atoms with E-state index in [0.717, 1.165) is 29.8 Å². The molecule has 0 spiro atoms. The molecule has 0 aromatic heterocycles. The van der Waals surface area contributed by atoms with Crippen LogP contribution in [0.15, 0.2) is 59.6 Å². The lowest BCUT2D eigenvalue weighted by Crippen LogP contribution is -1.98. The molecule has 0 saturated heterocycles. The number of phenolic OH excluding ortho intramolecular Hbond substituents is 1. The molecule has 230 valence electrons. The molecule has 41 heavy (non-hydrogen) atoms. The van der Waals surface area contributed by atoms with Crippen molar-refractivity contribution in [3.8, 4) is 5.75 Å². The molecule has 1 atom stereocenters. The Morgan fingerprint density at radius 3 is 1.85 bits per heavy atom. The average Bonchev–Trinajstić information content (AvgIpc) is 3.24. The quantitative estimate of drug-likeness (QED) is 0.142. The summed E-state index contributed by atoms with van der Waals surface area (Å²) in [6.07, 6.45) is 11.5. The molecule has 0 fully saturated rings. The van der Waals surface area contributed by atoms with E-state index < -0.39 is 0 Å². The second-order valence-electron chi connectivity index (χ2n) is 9.58. The molecule has 1 unspecified atom stereocenters. The Morgan fingerprint density at radius 1 is 0.902 bits per heavy atom. The number of nitrogens with zero attached hydrogens (tertiary/aromatic N) is 1. The van der Waals surface area contributed by atoms with Crippen LogP contribution in [0.2, 0.25) is 0 Å². The summed E-state index contributed by atoms with van der Waals surface area (Å²) >= 11 is 0. The third-order valence-corrected chi connectivity index (χ3v) is 6.38. The second-order valence-corrected chi connectivity index (χ2v) is 9.58. The summed E-state index contributed by atoms with van der Waals surface area (Å²) < 4.78 is 0. The van der Waals surface area contributed by atoms with Gasteiger partial charge in [0.05, 0.1) is 0 Å².